The summed E-state index contributed by atoms with van der Waals surface area (Å²) in [5.74, 6) is 1.40. The van der Waals surface area contributed by atoms with E-state index in [2.05, 4.69) is 5.32 Å². The number of hydrogen-bond donors (Lipinski definition) is 1. The maximum absolute atomic E-state index is 12.2. The van der Waals surface area contributed by atoms with Gasteiger partial charge in [-0.25, -0.2) is 0 Å². The van der Waals surface area contributed by atoms with Crippen molar-refractivity contribution in [2.75, 3.05) is 25.6 Å². The average molecular weight is 341 g/mol. The molecule has 25 heavy (non-hydrogen) atoms. The number of ether oxygens (including phenoxy) is 3. The third-order valence-electron chi connectivity index (χ3n) is 4.08. The number of methoxy groups -OCH3 is 1. The molecule has 2 aromatic rings. The van der Waals surface area contributed by atoms with E-state index in [-0.39, 0.29) is 18.4 Å². The summed E-state index contributed by atoms with van der Waals surface area (Å²) in [6, 6.07) is 14.9. The van der Waals surface area contributed by atoms with Gasteiger partial charge in [-0.3, -0.25) is 4.79 Å². The highest BCUT2D eigenvalue weighted by Crippen LogP contribution is 2.20. The zero-order valence-corrected chi connectivity index (χ0v) is 14.4. The number of amides is 1. The molecule has 2 aromatic carbocycles. The Morgan fingerprint density at radius 3 is 2.84 bits per heavy atom. The lowest BCUT2D eigenvalue weighted by atomic mass is 10.1. The molecular formula is C20H23NO4. The van der Waals surface area contributed by atoms with Gasteiger partial charge >= 0.3 is 0 Å². The van der Waals surface area contributed by atoms with Crippen molar-refractivity contribution in [1.29, 1.82) is 0 Å². The Balaban J connectivity index is 1.54. The minimum atomic E-state index is -0.0791. The first-order valence-electron chi connectivity index (χ1n) is 8.50. The summed E-state index contributed by atoms with van der Waals surface area (Å²) in [5.41, 5.74) is 1.63. The van der Waals surface area contributed by atoms with Gasteiger partial charge in [-0.1, -0.05) is 18.2 Å². The van der Waals surface area contributed by atoms with Crippen LogP contribution >= 0.6 is 0 Å². The Bertz CT molecular complexity index is 710. The first-order valence-corrected chi connectivity index (χ1v) is 8.50. The number of rotatable bonds is 7. The van der Waals surface area contributed by atoms with E-state index in [0.717, 1.165) is 42.2 Å². The van der Waals surface area contributed by atoms with E-state index in [1.165, 1.54) is 0 Å². The minimum absolute atomic E-state index is 0.0791. The van der Waals surface area contributed by atoms with E-state index in [9.17, 15) is 4.79 Å². The first-order chi connectivity index (χ1) is 12.2. The lowest BCUT2D eigenvalue weighted by molar-refractivity contribution is -0.115. The molecule has 0 saturated carbocycles. The van der Waals surface area contributed by atoms with E-state index in [4.69, 9.17) is 14.2 Å². The quantitative estimate of drug-likeness (QED) is 0.838. The van der Waals surface area contributed by atoms with Gasteiger partial charge in [0, 0.05) is 18.4 Å². The molecule has 0 radical (unpaired) electrons. The van der Waals surface area contributed by atoms with Crippen molar-refractivity contribution in [1.82, 2.24) is 0 Å². The SMILES string of the molecule is COc1cccc(CC(=O)Nc2cccc(OCC3CCCO3)c2)c1. The summed E-state index contributed by atoms with van der Waals surface area (Å²) >= 11 is 0. The van der Waals surface area contributed by atoms with Crippen molar-refractivity contribution < 1.29 is 19.0 Å². The van der Waals surface area contributed by atoms with Gasteiger partial charge in [0.15, 0.2) is 0 Å². The Kier molecular flexibility index (Phi) is 5.90. The van der Waals surface area contributed by atoms with Crippen LogP contribution in [0.1, 0.15) is 18.4 Å². The molecule has 3 rings (SSSR count). The number of benzene rings is 2. The van der Waals surface area contributed by atoms with Gasteiger partial charge in [0.25, 0.3) is 0 Å². The monoisotopic (exact) mass is 341 g/mol. The molecular weight excluding hydrogens is 318 g/mol. The van der Waals surface area contributed by atoms with Crippen LogP contribution in [0.2, 0.25) is 0 Å². The fraction of sp³-hybridized carbons (Fsp3) is 0.350. The second-order valence-corrected chi connectivity index (χ2v) is 6.05. The molecule has 1 aliphatic heterocycles. The molecule has 1 aliphatic rings. The Morgan fingerprint density at radius 1 is 1.20 bits per heavy atom. The van der Waals surface area contributed by atoms with Gasteiger partial charge in [0.2, 0.25) is 5.91 Å². The summed E-state index contributed by atoms with van der Waals surface area (Å²) in [5, 5.41) is 2.91. The molecule has 1 unspecified atom stereocenters. The lowest BCUT2D eigenvalue weighted by Crippen LogP contribution is -2.17. The number of anilines is 1. The zero-order valence-electron chi connectivity index (χ0n) is 14.4. The fourth-order valence-electron chi connectivity index (χ4n) is 2.80. The molecule has 1 amide bonds. The van der Waals surface area contributed by atoms with Crippen LogP contribution in [-0.4, -0.2) is 32.3 Å². The van der Waals surface area contributed by atoms with Crippen LogP contribution in [0.4, 0.5) is 5.69 Å². The van der Waals surface area contributed by atoms with Gasteiger partial charge in [0.05, 0.1) is 19.6 Å². The summed E-state index contributed by atoms with van der Waals surface area (Å²) in [6.45, 7) is 1.36. The number of carbonyl (C=O) groups is 1. The molecule has 0 spiro atoms. The number of hydrogen-bond acceptors (Lipinski definition) is 4. The second kappa shape index (κ2) is 8.53. The molecule has 132 valence electrons. The van der Waals surface area contributed by atoms with E-state index in [0.29, 0.717) is 6.61 Å². The predicted molar refractivity (Wildman–Crippen MR) is 96.2 cm³/mol. The van der Waals surface area contributed by atoms with Crippen LogP contribution in [0.3, 0.4) is 0 Å². The van der Waals surface area contributed by atoms with E-state index < -0.39 is 0 Å². The maximum Gasteiger partial charge on any atom is 0.228 e. The lowest BCUT2D eigenvalue weighted by Gasteiger charge is -2.12. The van der Waals surface area contributed by atoms with Gasteiger partial charge < -0.3 is 19.5 Å². The summed E-state index contributed by atoms with van der Waals surface area (Å²) in [6.07, 6.45) is 2.59. The van der Waals surface area contributed by atoms with Crippen molar-refractivity contribution in [3.63, 3.8) is 0 Å². The number of carbonyl (C=O) groups excluding carboxylic acids is 1. The molecule has 0 aromatic heterocycles. The smallest absolute Gasteiger partial charge is 0.228 e. The van der Waals surface area contributed by atoms with Crippen LogP contribution in [0, 0.1) is 0 Å². The van der Waals surface area contributed by atoms with Gasteiger partial charge in [-0.05, 0) is 42.7 Å². The topological polar surface area (TPSA) is 56.8 Å². The first kappa shape index (κ1) is 17.3. The van der Waals surface area contributed by atoms with Crippen LogP contribution < -0.4 is 14.8 Å². The van der Waals surface area contributed by atoms with E-state index in [1.54, 1.807) is 7.11 Å². The standard InChI is InChI=1S/C20H23NO4/c1-23-17-7-2-5-15(11-17)12-20(22)21-16-6-3-8-18(13-16)25-14-19-9-4-10-24-19/h2-3,5-8,11,13,19H,4,9-10,12,14H2,1H3,(H,21,22). The molecule has 1 fully saturated rings. The van der Waals surface area contributed by atoms with Crippen LogP contribution in [-0.2, 0) is 16.0 Å². The van der Waals surface area contributed by atoms with Gasteiger partial charge in [0.1, 0.15) is 18.1 Å². The van der Waals surface area contributed by atoms with Crippen LogP contribution in [0.5, 0.6) is 11.5 Å². The minimum Gasteiger partial charge on any atom is -0.497 e. The molecule has 0 bridgehead atoms. The largest absolute Gasteiger partial charge is 0.497 e. The maximum atomic E-state index is 12.2. The van der Waals surface area contributed by atoms with Crippen molar-refractivity contribution in [3.8, 4) is 11.5 Å². The highest BCUT2D eigenvalue weighted by molar-refractivity contribution is 5.92. The zero-order chi connectivity index (χ0) is 17.5. The molecule has 1 atom stereocenters. The fourth-order valence-corrected chi connectivity index (χ4v) is 2.80. The predicted octanol–water partition coefficient (Wildman–Crippen LogP) is 3.43. The normalized spacial score (nSPS) is 16.4. The van der Waals surface area contributed by atoms with Gasteiger partial charge in [-0.15, -0.1) is 0 Å². The van der Waals surface area contributed by atoms with Crippen LogP contribution in [0.15, 0.2) is 48.5 Å². The third kappa shape index (κ3) is 5.22. The summed E-state index contributed by atoms with van der Waals surface area (Å²) < 4.78 is 16.5. The molecule has 1 heterocycles. The molecule has 5 heteroatoms. The van der Waals surface area contributed by atoms with Crippen molar-refractivity contribution in [3.05, 3.63) is 54.1 Å². The Hall–Kier alpha value is -2.53. The van der Waals surface area contributed by atoms with Crippen LogP contribution in [0.25, 0.3) is 0 Å². The Labute approximate surface area is 147 Å². The molecule has 0 aliphatic carbocycles. The van der Waals surface area contributed by atoms with Crippen molar-refractivity contribution >= 4 is 11.6 Å². The summed E-state index contributed by atoms with van der Waals surface area (Å²) in [7, 11) is 1.61. The second-order valence-electron chi connectivity index (χ2n) is 6.05. The number of nitrogens with one attached hydrogen (secondary N) is 1. The highest BCUT2D eigenvalue weighted by atomic mass is 16.5. The van der Waals surface area contributed by atoms with Crippen molar-refractivity contribution in [2.45, 2.75) is 25.4 Å². The molecule has 1 N–H and O–H groups in total. The van der Waals surface area contributed by atoms with Gasteiger partial charge in [-0.2, -0.15) is 0 Å². The highest BCUT2D eigenvalue weighted by Gasteiger charge is 2.16. The molecule has 1 saturated heterocycles. The molecule has 5 nitrogen and oxygen atoms in total. The third-order valence-corrected chi connectivity index (χ3v) is 4.08. The van der Waals surface area contributed by atoms with E-state index >= 15 is 0 Å². The summed E-state index contributed by atoms with van der Waals surface area (Å²) in [4.78, 5) is 12.2. The Morgan fingerprint density at radius 2 is 2.04 bits per heavy atom. The van der Waals surface area contributed by atoms with E-state index in [1.807, 2.05) is 48.5 Å². The average Bonchev–Trinajstić information content (AvgIpc) is 3.14. The van der Waals surface area contributed by atoms with Crippen molar-refractivity contribution in [2.24, 2.45) is 0 Å².